The summed E-state index contributed by atoms with van der Waals surface area (Å²) in [5, 5.41) is 17.0. The number of nitrogen functional groups attached to an aromatic ring is 1. The lowest BCUT2D eigenvalue weighted by Gasteiger charge is -2.10. The van der Waals surface area contributed by atoms with Crippen LogP contribution in [0.3, 0.4) is 0 Å². The fraction of sp³-hybridized carbons (Fsp3) is 0.217. The molecule has 9 nitrogen and oxygen atoms in total. The molecular weight excluding hydrogens is 408 g/mol. The first-order valence-corrected chi connectivity index (χ1v) is 10.4. The Morgan fingerprint density at radius 1 is 1.25 bits per heavy atom. The zero-order valence-electron chi connectivity index (χ0n) is 17.2. The molecular formula is C23H22N6O3. The van der Waals surface area contributed by atoms with E-state index in [1.807, 2.05) is 24.3 Å². The quantitative estimate of drug-likeness (QED) is 0.418. The number of para-hydroxylation sites is 2. The van der Waals surface area contributed by atoms with Gasteiger partial charge in [-0.15, -0.1) is 0 Å². The van der Waals surface area contributed by atoms with Gasteiger partial charge in [-0.1, -0.05) is 24.3 Å². The highest BCUT2D eigenvalue weighted by Crippen LogP contribution is 2.28. The van der Waals surface area contributed by atoms with Gasteiger partial charge in [-0.25, -0.2) is 9.97 Å². The molecule has 0 aliphatic carbocycles. The second-order valence-electron chi connectivity index (χ2n) is 7.64. The van der Waals surface area contributed by atoms with Crippen LogP contribution in [0.15, 0.2) is 53.6 Å². The van der Waals surface area contributed by atoms with Crippen molar-refractivity contribution in [3.05, 3.63) is 59.7 Å². The maximum atomic E-state index is 13.1. The molecule has 0 saturated carbocycles. The Morgan fingerprint density at radius 3 is 2.81 bits per heavy atom. The molecule has 4 N–H and O–H groups in total. The van der Waals surface area contributed by atoms with Gasteiger partial charge in [-0.05, 0) is 42.7 Å². The number of hydrogen-bond donors (Lipinski definition) is 3. The number of anilines is 1. The summed E-state index contributed by atoms with van der Waals surface area (Å²) in [4.78, 5) is 22.4. The summed E-state index contributed by atoms with van der Waals surface area (Å²) < 4.78 is 7.00. The number of nitrogens with zero attached hydrogens (tertiary/aromatic N) is 4. The molecule has 0 radical (unpaired) electrons. The van der Waals surface area contributed by atoms with E-state index in [1.54, 1.807) is 30.5 Å². The number of carbonyl (C=O) groups excluding carboxylic acids is 1. The second kappa shape index (κ2) is 8.27. The van der Waals surface area contributed by atoms with Crippen LogP contribution in [-0.4, -0.2) is 51.1 Å². The lowest BCUT2D eigenvalue weighted by Crippen LogP contribution is -2.32. The molecule has 2 aromatic carbocycles. The first-order chi connectivity index (χ1) is 15.6. The fourth-order valence-corrected chi connectivity index (χ4v) is 3.82. The standard InChI is InChI=1S/C23H22N6O3/c24-21-19(23(31)25-13-16-7-4-10-32-16)20-22(28-18-9-2-1-8-17(18)27-20)29(21)26-12-14-5-3-6-15(30)11-14/h1-3,5-6,8-9,11-12,16,30H,4,7,10,13,24H2,(H,25,31)/b26-12+. The Morgan fingerprint density at radius 2 is 2.06 bits per heavy atom. The largest absolute Gasteiger partial charge is 0.508 e. The van der Waals surface area contributed by atoms with Crippen LogP contribution in [0.4, 0.5) is 5.82 Å². The Balaban J connectivity index is 1.59. The van der Waals surface area contributed by atoms with E-state index in [4.69, 9.17) is 10.5 Å². The molecule has 32 heavy (non-hydrogen) atoms. The van der Waals surface area contributed by atoms with Crippen molar-refractivity contribution in [3.8, 4) is 5.75 Å². The van der Waals surface area contributed by atoms with E-state index in [0.717, 1.165) is 12.8 Å². The molecule has 3 heterocycles. The second-order valence-corrected chi connectivity index (χ2v) is 7.64. The number of aromatic nitrogens is 3. The third-order valence-corrected chi connectivity index (χ3v) is 5.41. The van der Waals surface area contributed by atoms with Crippen molar-refractivity contribution in [2.45, 2.75) is 18.9 Å². The van der Waals surface area contributed by atoms with Gasteiger partial charge in [-0.3, -0.25) is 4.79 Å². The van der Waals surface area contributed by atoms with Crippen LogP contribution in [0.2, 0.25) is 0 Å². The maximum absolute atomic E-state index is 13.1. The summed E-state index contributed by atoms with van der Waals surface area (Å²) in [7, 11) is 0. The number of hydrogen-bond acceptors (Lipinski definition) is 7. The van der Waals surface area contributed by atoms with Crippen molar-refractivity contribution >= 4 is 40.1 Å². The molecule has 2 aromatic heterocycles. The Bertz CT molecular complexity index is 1340. The Labute approximate surface area is 183 Å². The van der Waals surface area contributed by atoms with Gasteiger partial charge >= 0.3 is 0 Å². The van der Waals surface area contributed by atoms with Crippen LogP contribution < -0.4 is 11.1 Å². The van der Waals surface area contributed by atoms with Crippen LogP contribution in [-0.2, 0) is 4.74 Å². The zero-order valence-corrected chi connectivity index (χ0v) is 17.2. The SMILES string of the molecule is Nc1c(C(=O)NCC2CCCO2)c2nc3ccccc3nc2n1/N=C/c1cccc(O)c1. The minimum absolute atomic E-state index is 0.00391. The average Bonchev–Trinajstić information content (AvgIpc) is 3.40. The van der Waals surface area contributed by atoms with Crippen LogP contribution in [0.5, 0.6) is 5.75 Å². The summed E-state index contributed by atoms with van der Waals surface area (Å²) >= 11 is 0. The van der Waals surface area contributed by atoms with E-state index >= 15 is 0 Å². The minimum Gasteiger partial charge on any atom is -0.508 e. The summed E-state index contributed by atoms with van der Waals surface area (Å²) in [5.74, 6) is -0.0882. The van der Waals surface area contributed by atoms with Crippen molar-refractivity contribution in [2.75, 3.05) is 18.9 Å². The number of benzene rings is 2. The number of phenolic OH excluding ortho intramolecular Hbond substituents is 1. The molecule has 1 amide bonds. The third kappa shape index (κ3) is 3.74. The number of ether oxygens (including phenoxy) is 1. The van der Waals surface area contributed by atoms with E-state index in [0.29, 0.717) is 40.9 Å². The molecule has 1 fully saturated rings. The lowest BCUT2D eigenvalue weighted by molar-refractivity contribution is 0.0859. The summed E-state index contributed by atoms with van der Waals surface area (Å²) in [6.07, 6.45) is 3.45. The molecule has 0 spiro atoms. The highest BCUT2D eigenvalue weighted by molar-refractivity contribution is 6.10. The van der Waals surface area contributed by atoms with Crippen molar-refractivity contribution < 1.29 is 14.6 Å². The number of amides is 1. The van der Waals surface area contributed by atoms with Crippen LogP contribution in [0.1, 0.15) is 28.8 Å². The lowest BCUT2D eigenvalue weighted by atomic mass is 10.2. The summed E-state index contributed by atoms with van der Waals surface area (Å²) in [6.45, 7) is 1.11. The number of fused-ring (bicyclic) bond motifs is 2. The number of nitrogens with one attached hydrogen (secondary N) is 1. The van der Waals surface area contributed by atoms with Crippen LogP contribution in [0.25, 0.3) is 22.2 Å². The van der Waals surface area contributed by atoms with Crippen LogP contribution >= 0.6 is 0 Å². The Kier molecular flexibility index (Phi) is 5.16. The van der Waals surface area contributed by atoms with E-state index in [9.17, 15) is 9.90 Å². The molecule has 1 aliphatic heterocycles. The molecule has 4 aromatic rings. The molecule has 1 aliphatic rings. The van der Waals surface area contributed by atoms with Gasteiger partial charge in [0.1, 0.15) is 22.6 Å². The van der Waals surface area contributed by atoms with Crippen molar-refractivity contribution in [3.63, 3.8) is 0 Å². The molecule has 162 valence electrons. The number of rotatable bonds is 5. The van der Waals surface area contributed by atoms with Gasteiger partial charge in [0.05, 0.1) is 23.4 Å². The van der Waals surface area contributed by atoms with Gasteiger partial charge in [-0.2, -0.15) is 9.78 Å². The van der Waals surface area contributed by atoms with Gasteiger partial charge < -0.3 is 20.9 Å². The van der Waals surface area contributed by atoms with Crippen molar-refractivity contribution in [2.24, 2.45) is 5.10 Å². The third-order valence-electron chi connectivity index (χ3n) is 5.41. The molecule has 1 atom stereocenters. The first kappa shape index (κ1) is 20.0. The van der Waals surface area contributed by atoms with Crippen LogP contribution in [0, 0.1) is 0 Å². The van der Waals surface area contributed by atoms with Gasteiger partial charge in [0, 0.05) is 13.2 Å². The predicted octanol–water partition coefficient (Wildman–Crippen LogP) is 2.66. The molecule has 1 saturated heterocycles. The smallest absolute Gasteiger partial charge is 0.257 e. The first-order valence-electron chi connectivity index (χ1n) is 10.4. The van der Waals surface area contributed by atoms with Crippen molar-refractivity contribution in [1.82, 2.24) is 20.0 Å². The van der Waals surface area contributed by atoms with E-state index in [2.05, 4.69) is 20.4 Å². The molecule has 5 rings (SSSR count). The molecule has 1 unspecified atom stereocenters. The van der Waals surface area contributed by atoms with E-state index in [1.165, 1.54) is 4.68 Å². The normalized spacial score (nSPS) is 16.3. The number of aromatic hydroxyl groups is 1. The molecule has 0 bridgehead atoms. The van der Waals surface area contributed by atoms with Gasteiger partial charge in [0.2, 0.25) is 0 Å². The van der Waals surface area contributed by atoms with E-state index < -0.39 is 0 Å². The average molecular weight is 430 g/mol. The summed E-state index contributed by atoms with van der Waals surface area (Å²) in [5.41, 5.74) is 9.35. The highest BCUT2D eigenvalue weighted by atomic mass is 16.5. The molecule has 9 heteroatoms. The topological polar surface area (TPSA) is 128 Å². The predicted molar refractivity (Wildman–Crippen MR) is 122 cm³/mol. The maximum Gasteiger partial charge on any atom is 0.257 e. The van der Waals surface area contributed by atoms with E-state index in [-0.39, 0.29) is 29.1 Å². The number of phenols is 1. The monoisotopic (exact) mass is 430 g/mol. The fourth-order valence-electron chi connectivity index (χ4n) is 3.82. The van der Waals surface area contributed by atoms with Gasteiger partial charge in [0.25, 0.3) is 5.91 Å². The summed E-state index contributed by atoms with van der Waals surface area (Å²) in [6, 6.07) is 14.1. The zero-order chi connectivity index (χ0) is 22.1. The number of carbonyl (C=O) groups is 1. The van der Waals surface area contributed by atoms with Gasteiger partial charge in [0.15, 0.2) is 5.65 Å². The highest BCUT2D eigenvalue weighted by Gasteiger charge is 2.25. The Hall–Kier alpha value is -3.98. The minimum atomic E-state index is -0.348. The van der Waals surface area contributed by atoms with Crippen molar-refractivity contribution in [1.29, 1.82) is 0 Å². The number of nitrogens with two attached hydrogens (primary N) is 1.